The van der Waals surface area contributed by atoms with Gasteiger partial charge in [0.05, 0.1) is 0 Å². The Bertz CT molecular complexity index is 175. The average Bonchev–Trinajstić information content (AvgIpc) is 2.99. The fourth-order valence-corrected chi connectivity index (χ4v) is 2.20. The van der Waals surface area contributed by atoms with Gasteiger partial charge in [0.25, 0.3) is 0 Å². The SMILES string of the molecule is CCN(C1CC1)C(C)C(C)CNC(C)C. The molecule has 1 fully saturated rings. The van der Waals surface area contributed by atoms with E-state index in [-0.39, 0.29) is 0 Å². The van der Waals surface area contributed by atoms with Crippen molar-refractivity contribution in [3.63, 3.8) is 0 Å². The summed E-state index contributed by atoms with van der Waals surface area (Å²) in [7, 11) is 0. The third-order valence-corrected chi connectivity index (χ3v) is 3.58. The van der Waals surface area contributed by atoms with E-state index in [1.54, 1.807) is 0 Å². The summed E-state index contributed by atoms with van der Waals surface area (Å²) >= 11 is 0. The maximum atomic E-state index is 3.54. The van der Waals surface area contributed by atoms with Gasteiger partial charge in [-0.15, -0.1) is 0 Å². The van der Waals surface area contributed by atoms with Crippen molar-refractivity contribution in [1.82, 2.24) is 10.2 Å². The van der Waals surface area contributed by atoms with Gasteiger partial charge in [-0.1, -0.05) is 27.7 Å². The van der Waals surface area contributed by atoms with E-state index >= 15 is 0 Å². The molecule has 0 heterocycles. The highest BCUT2D eigenvalue weighted by Gasteiger charge is 2.32. The minimum atomic E-state index is 0.607. The van der Waals surface area contributed by atoms with Crippen LogP contribution in [0.2, 0.25) is 0 Å². The van der Waals surface area contributed by atoms with Crippen LogP contribution in [0, 0.1) is 5.92 Å². The monoisotopic (exact) mass is 212 g/mol. The van der Waals surface area contributed by atoms with Crippen LogP contribution in [0.15, 0.2) is 0 Å². The molecule has 15 heavy (non-hydrogen) atoms. The van der Waals surface area contributed by atoms with Gasteiger partial charge >= 0.3 is 0 Å². The summed E-state index contributed by atoms with van der Waals surface area (Å²) in [6.07, 6.45) is 2.84. The molecule has 0 aliphatic heterocycles. The summed E-state index contributed by atoms with van der Waals surface area (Å²) in [5.74, 6) is 0.743. The van der Waals surface area contributed by atoms with Gasteiger partial charge in [-0.05, 0) is 38.8 Å². The van der Waals surface area contributed by atoms with Crippen LogP contribution in [0.3, 0.4) is 0 Å². The Morgan fingerprint density at radius 1 is 1.20 bits per heavy atom. The second-order valence-electron chi connectivity index (χ2n) is 5.34. The quantitative estimate of drug-likeness (QED) is 0.697. The van der Waals surface area contributed by atoms with E-state index in [1.807, 2.05) is 0 Å². The minimum absolute atomic E-state index is 0.607. The number of nitrogens with zero attached hydrogens (tertiary/aromatic N) is 1. The van der Waals surface area contributed by atoms with Gasteiger partial charge in [-0.2, -0.15) is 0 Å². The molecule has 1 rings (SSSR count). The molecule has 0 bridgehead atoms. The lowest BCUT2D eigenvalue weighted by atomic mass is 10.0. The maximum Gasteiger partial charge on any atom is 0.0107 e. The van der Waals surface area contributed by atoms with Gasteiger partial charge in [0.1, 0.15) is 0 Å². The van der Waals surface area contributed by atoms with Crippen LogP contribution in [0.4, 0.5) is 0 Å². The number of hydrogen-bond acceptors (Lipinski definition) is 2. The molecule has 0 aromatic heterocycles. The molecule has 1 aliphatic rings. The zero-order valence-electron chi connectivity index (χ0n) is 11.1. The molecule has 2 atom stereocenters. The molecule has 0 aromatic rings. The molecule has 0 amide bonds. The smallest absolute Gasteiger partial charge is 0.0107 e. The van der Waals surface area contributed by atoms with Gasteiger partial charge in [0, 0.05) is 18.1 Å². The highest BCUT2D eigenvalue weighted by molar-refractivity contribution is 4.88. The lowest BCUT2D eigenvalue weighted by Crippen LogP contribution is -2.43. The molecule has 1 saturated carbocycles. The van der Waals surface area contributed by atoms with Gasteiger partial charge < -0.3 is 5.32 Å². The first-order valence-corrected chi connectivity index (χ1v) is 6.55. The molecule has 2 nitrogen and oxygen atoms in total. The Kier molecular flexibility index (Phi) is 5.07. The highest BCUT2D eigenvalue weighted by atomic mass is 15.2. The topological polar surface area (TPSA) is 15.3 Å². The molecular formula is C13H28N2. The fraction of sp³-hybridized carbons (Fsp3) is 1.00. The Balaban J connectivity index is 2.32. The van der Waals surface area contributed by atoms with Crippen LogP contribution in [0.1, 0.15) is 47.5 Å². The van der Waals surface area contributed by atoms with E-state index in [9.17, 15) is 0 Å². The predicted molar refractivity (Wildman–Crippen MR) is 67.2 cm³/mol. The zero-order chi connectivity index (χ0) is 11.4. The largest absolute Gasteiger partial charge is 0.314 e. The molecular weight excluding hydrogens is 184 g/mol. The number of nitrogens with one attached hydrogen (secondary N) is 1. The van der Waals surface area contributed by atoms with Gasteiger partial charge in [0.2, 0.25) is 0 Å². The van der Waals surface area contributed by atoms with E-state index < -0.39 is 0 Å². The zero-order valence-corrected chi connectivity index (χ0v) is 11.1. The van der Waals surface area contributed by atoms with Crippen molar-refractivity contribution < 1.29 is 0 Å². The van der Waals surface area contributed by atoms with Crippen molar-refractivity contribution in [2.45, 2.75) is 65.6 Å². The Morgan fingerprint density at radius 3 is 2.20 bits per heavy atom. The van der Waals surface area contributed by atoms with Crippen LogP contribution >= 0.6 is 0 Å². The number of hydrogen-bond donors (Lipinski definition) is 1. The summed E-state index contributed by atoms with van der Waals surface area (Å²) in [5.41, 5.74) is 0. The van der Waals surface area contributed by atoms with E-state index in [1.165, 1.54) is 19.4 Å². The highest BCUT2D eigenvalue weighted by Crippen LogP contribution is 2.30. The first-order valence-electron chi connectivity index (χ1n) is 6.55. The Morgan fingerprint density at radius 2 is 1.80 bits per heavy atom. The molecule has 0 radical (unpaired) electrons. The molecule has 0 spiro atoms. The number of rotatable bonds is 7. The van der Waals surface area contributed by atoms with Crippen molar-refractivity contribution in [2.75, 3.05) is 13.1 Å². The summed E-state index contributed by atoms with van der Waals surface area (Å²) in [4.78, 5) is 2.67. The first kappa shape index (κ1) is 13.0. The van der Waals surface area contributed by atoms with Gasteiger partial charge in [-0.3, -0.25) is 4.90 Å². The van der Waals surface area contributed by atoms with Crippen LogP contribution in [0.5, 0.6) is 0 Å². The summed E-state index contributed by atoms with van der Waals surface area (Å²) < 4.78 is 0. The summed E-state index contributed by atoms with van der Waals surface area (Å²) in [5, 5.41) is 3.54. The molecule has 1 aliphatic carbocycles. The van der Waals surface area contributed by atoms with Crippen molar-refractivity contribution in [1.29, 1.82) is 0 Å². The molecule has 90 valence electrons. The molecule has 1 N–H and O–H groups in total. The van der Waals surface area contributed by atoms with Crippen molar-refractivity contribution in [3.8, 4) is 0 Å². The van der Waals surface area contributed by atoms with E-state index in [2.05, 4.69) is 44.8 Å². The van der Waals surface area contributed by atoms with Gasteiger partial charge in [0.15, 0.2) is 0 Å². The van der Waals surface area contributed by atoms with Gasteiger partial charge in [-0.25, -0.2) is 0 Å². The molecule has 2 unspecified atom stereocenters. The molecule has 0 saturated heterocycles. The second-order valence-corrected chi connectivity index (χ2v) is 5.34. The molecule has 0 aromatic carbocycles. The summed E-state index contributed by atoms with van der Waals surface area (Å²) in [6.45, 7) is 13.8. The van der Waals surface area contributed by atoms with E-state index in [4.69, 9.17) is 0 Å². The van der Waals surface area contributed by atoms with Crippen LogP contribution in [0.25, 0.3) is 0 Å². The standard InChI is InChI=1S/C13H28N2/c1-6-15(13-7-8-13)12(5)11(4)9-14-10(2)3/h10-14H,6-9H2,1-5H3. The maximum absolute atomic E-state index is 3.54. The molecule has 2 heteroatoms. The Hall–Kier alpha value is -0.0800. The van der Waals surface area contributed by atoms with Crippen molar-refractivity contribution in [3.05, 3.63) is 0 Å². The van der Waals surface area contributed by atoms with E-state index in [0.29, 0.717) is 12.1 Å². The van der Waals surface area contributed by atoms with Crippen molar-refractivity contribution >= 4 is 0 Å². The summed E-state index contributed by atoms with van der Waals surface area (Å²) in [6, 6.07) is 2.22. The predicted octanol–water partition coefficient (Wildman–Crippen LogP) is 2.49. The third-order valence-electron chi connectivity index (χ3n) is 3.58. The second kappa shape index (κ2) is 5.86. The lowest BCUT2D eigenvalue weighted by molar-refractivity contribution is 0.157. The van der Waals surface area contributed by atoms with Crippen LogP contribution < -0.4 is 5.32 Å². The van der Waals surface area contributed by atoms with Crippen molar-refractivity contribution in [2.24, 2.45) is 5.92 Å². The van der Waals surface area contributed by atoms with Crippen LogP contribution in [-0.4, -0.2) is 36.1 Å². The Labute approximate surface area is 95.4 Å². The average molecular weight is 212 g/mol. The fourth-order valence-electron chi connectivity index (χ4n) is 2.20. The van der Waals surface area contributed by atoms with E-state index in [0.717, 1.165) is 18.5 Å². The normalized spacial score (nSPS) is 21.0. The van der Waals surface area contributed by atoms with Crippen LogP contribution in [-0.2, 0) is 0 Å². The first-order chi connectivity index (χ1) is 7.06. The third kappa shape index (κ3) is 4.12. The minimum Gasteiger partial charge on any atom is -0.314 e. The lowest BCUT2D eigenvalue weighted by Gasteiger charge is -2.33.